The molecule has 0 saturated carbocycles. The lowest BCUT2D eigenvalue weighted by Crippen LogP contribution is -2.37. The van der Waals surface area contributed by atoms with Crippen molar-refractivity contribution in [3.8, 4) is 0 Å². The van der Waals surface area contributed by atoms with E-state index in [1.54, 1.807) is 5.32 Å². The molecule has 5 nitrogen and oxygen atoms in total. The molecule has 0 aromatic carbocycles. The van der Waals surface area contributed by atoms with Crippen molar-refractivity contribution in [3.63, 3.8) is 0 Å². The van der Waals surface area contributed by atoms with E-state index in [0.717, 1.165) is 0 Å². The predicted octanol–water partition coefficient (Wildman–Crippen LogP) is 0.0257. The second-order valence-electron chi connectivity index (χ2n) is 2.44. The van der Waals surface area contributed by atoms with Crippen molar-refractivity contribution in [2.24, 2.45) is 0 Å². The Morgan fingerprint density at radius 1 is 1.57 bits per heavy atom. The number of carbonyl (C=O) groups is 1. The van der Waals surface area contributed by atoms with E-state index < -0.39 is 12.1 Å². The largest absolute Gasteiger partial charge is 0.471 e. The van der Waals surface area contributed by atoms with Crippen molar-refractivity contribution >= 4 is 5.91 Å². The maximum Gasteiger partial charge on any atom is 0.471 e. The third-order valence-corrected chi connectivity index (χ3v) is 1.37. The second-order valence-corrected chi connectivity index (χ2v) is 2.44. The summed E-state index contributed by atoms with van der Waals surface area (Å²) in [6.07, 6.45) is -3.41. The van der Waals surface area contributed by atoms with Gasteiger partial charge in [0.15, 0.2) is 0 Å². The normalized spacial score (nSPS) is 11.4. The molecule has 14 heavy (non-hydrogen) atoms. The molecule has 0 bridgehead atoms. The number of aromatic amines is 1. The molecule has 0 fully saturated rings. The number of nitrogens with zero attached hydrogens (tertiary/aromatic N) is 2. The molecule has 8 heteroatoms. The Kier molecular flexibility index (Phi) is 3.05. The molecule has 78 valence electrons. The average molecular weight is 208 g/mol. The Morgan fingerprint density at radius 3 is 2.79 bits per heavy atom. The molecule has 0 radical (unpaired) electrons. The van der Waals surface area contributed by atoms with E-state index >= 15 is 0 Å². The van der Waals surface area contributed by atoms with Crippen molar-refractivity contribution in [2.75, 3.05) is 6.54 Å². The first-order valence-electron chi connectivity index (χ1n) is 3.69. The molecule has 0 aliphatic heterocycles. The molecule has 0 spiro atoms. The number of rotatable bonds is 3. The van der Waals surface area contributed by atoms with Crippen LogP contribution in [0.2, 0.25) is 0 Å². The molecule has 1 amide bonds. The van der Waals surface area contributed by atoms with Crippen molar-refractivity contribution < 1.29 is 18.0 Å². The van der Waals surface area contributed by atoms with E-state index in [1.807, 2.05) is 0 Å². The first-order chi connectivity index (χ1) is 6.50. The second kappa shape index (κ2) is 4.07. The zero-order chi connectivity index (χ0) is 10.6. The van der Waals surface area contributed by atoms with Gasteiger partial charge in [0, 0.05) is 13.0 Å². The molecule has 1 aromatic rings. The fourth-order valence-electron chi connectivity index (χ4n) is 0.746. The summed E-state index contributed by atoms with van der Waals surface area (Å²) in [6.45, 7) is -0.131. The van der Waals surface area contributed by atoms with E-state index in [9.17, 15) is 18.0 Å². The fraction of sp³-hybridized carbons (Fsp3) is 0.500. The summed E-state index contributed by atoms with van der Waals surface area (Å²) in [5.41, 5.74) is 0. The van der Waals surface area contributed by atoms with Gasteiger partial charge in [0.25, 0.3) is 0 Å². The summed E-state index contributed by atoms with van der Waals surface area (Å²) in [5.74, 6) is -1.52. The molecule has 1 aromatic heterocycles. The SMILES string of the molecule is O=C(NCCc1ncn[nH]1)C(F)(F)F. The van der Waals surface area contributed by atoms with Crippen LogP contribution in [0.1, 0.15) is 5.82 Å². The van der Waals surface area contributed by atoms with Crippen molar-refractivity contribution in [2.45, 2.75) is 12.6 Å². The lowest BCUT2D eigenvalue weighted by Gasteiger charge is -2.06. The Bertz CT molecular complexity index is 295. The molecule has 1 heterocycles. The van der Waals surface area contributed by atoms with Gasteiger partial charge in [-0.05, 0) is 0 Å². The van der Waals surface area contributed by atoms with Crippen LogP contribution in [-0.4, -0.2) is 33.8 Å². The molecule has 0 saturated heterocycles. The van der Waals surface area contributed by atoms with E-state index in [4.69, 9.17) is 0 Å². The molecule has 2 N–H and O–H groups in total. The topological polar surface area (TPSA) is 70.7 Å². The van der Waals surface area contributed by atoms with Crippen LogP contribution in [-0.2, 0) is 11.2 Å². The minimum absolute atomic E-state index is 0.131. The van der Waals surface area contributed by atoms with Crippen LogP contribution in [0, 0.1) is 0 Å². The molecular formula is C6H7F3N4O. The monoisotopic (exact) mass is 208 g/mol. The van der Waals surface area contributed by atoms with Crippen LogP contribution >= 0.6 is 0 Å². The summed E-state index contributed by atoms with van der Waals surface area (Å²) in [5, 5.41) is 7.66. The minimum Gasteiger partial charge on any atom is -0.348 e. The number of carbonyl (C=O) groups excluding carboxylic acids is 1. The van der Waals surface area contributed by atoms with Gasteiger partial charge in [0.2, 0.25) is 0 Å². The first-order valence-corrected chi connectivity index (χ1v) is 3.69. The van der Waals surface area contributed by atoms with Crippen molar-refractivity contribution in [1.82, 2.24) is 20.5 Å². The number of hydrogen-bond donors (Lipinski definition) is 2. The van der Waals surface area contributed by atoms with Gasteiger partial charge in [-0.15, -0.1) is 0 Å². The Balaban J connectivity index is 2.26. The maximum atomic E-state index is 11.7. The highest BCUT2D eigenvalue weighted by Gasteiger charge is 2.38. The summed E-state index contributed by atoms with van der Waals surface area (Å²) in [6, 6.07) is 0. The third kappa shape index (κ3) is 3.04. The van der Waals surface area contributed by atoms with E-state index in [0.29, 0.717) is 5.82 Å². The van der Waals surface area contributed by atoms with Gasteiger partial charge in [-0.3, -0.25) is 9.89 Å². The van der Waals surface area contributed by atoms with Gasteiger partial charge in [0.05, 0.1) is 0 Å². The average Bonchev–Trinajstić information content (AvgIpc) is 2.55. The fourth-order valence-corrected chi connectivity index (χ4v) is 0.746. The number of H-pyrrole nitrogens is 1. The highest BCUT2D eigenvalue weighted by Crippen LogP contribution is 2.13. The van der Waals surface area contributed by atoms with E-state index in [1.165, 1.54) is 6.33 Å². The number of aromatic nitrogens is 3. The van der Waals surface area contributed by atoms with Gasteiger partial charge in [-0.2, -0.15) is 18.3 Å². The molecular weight excluding hydrogens is 201 g/mol. The lowest BCUT2D eigenvalue weighted by molar-refractivity contribution is -0.173. The Labute approximate surface area is 76.7 Å². The summed E-state index contributed by atoms with van der Waals surface area (Å²) in [7, 11) is 0. The highest BCUT2D eigenvalue weighted by molar-refractivity contribution is 5.81. The third-order valence-electron chi connectivity index (χ3n) is 1.37. The zero-order valence-corrected chi connectivity index (χ0v) is 6.93. The lowest BCUT2D eigenvalue weighted by atomic mass is 10.4. The van der Waals surface area contributed by atoms with Gasteiger partial charge < -0.3 is 5.32 Å². The number of alkyl halides is 3. The van der Waals surface area contributed by atoms with Crippen LogP contribution in [0.5, 0.6) is 0 Å². The first kappa shape index (κ1) is 10.5. The number of nitrogens with one attached hydrogen (secondary N) is 2. The Hall–Kier alpha value is -1.60. The molecule has 0 atom stereocenters. The number of halogens is 3. The minimum atomic E-state index is -4.83. The van der Waals surface area contributed by atoms with Crippen LogP contribution < -0.4 is 5.32 Å². The summed E-state index contributed by atoms with van der Waals surface area (Å²) in [4.78, 5) is 14.0. The standard InChI is InChI=1S/C6H7F3N4O/c7-6(8,9)5(14)10-2-1-4-11-3-12-13-4/h3H,1-2H2,(H,10,14)(H,11,12,13). The number of hydrogen-bond acceptors (Lipinski definition) is 3. The van der Waals surface area contributed by atoms with Crippen molar-refractivity contribution in [1.29, 1.82) is 0 Å². The maximum absolute atomic E-state index is 11.7. The zero-order valence-electron chi connectivity index (χ0n) is 6.93. The molecule has 0 unspecified atom stereocenters. The molecule has 0 aliphatic carbocycles. The van der Waals surface area contributed by atoms with Crippen LogP contribution in [0.3, 0.4) is 0 Å². The summed E-state index contributed by atoms with van der Waals surface area (Å²) >= 11 is 0. The van der Waals surface area contributed by atoms with Gasteiger partial charge in [-0.1, -0.05) is 0 Å². The molecule has 0 aliphatic rings. The van der Waals surface area contributed by atoms with Crippen LogP contribution in [0.4, 0.5) is 13.2 Å². The smallest absolute Gasteiger partial charge is 0.348 e. The van der Waals surface area contributed by atoms with E-state index in [-0.39, 0.29) is 13.0 Å². The van der Waals surface area contributed by atoms with Crippen LogP contribution in [0.15, 0.2) is 6.33 Å². The quantitative estimate of drug-likeness (QED) is 0.735. The van der Waals surface area contributed by atoms with Gasteiger partial charge in [0.1, 0.15) is 12.2 Å². The summed E-state index contributed by atoms with van der Waals surface area (Å²) < 4.78 is 35.0. The van der Waals surface area contributed by atoms with Gasteiger partial charge in [-0.25, -0.2) is 4.98 Å². The van der Waals surface area contributed by atoms with E-state index in [2.05, 4.69) is 15.2 Å². The van der Waals surface area contributed by atoms with Crippen molar-refractivity contribution in [3.05, 3.63) is 12.2 Å². The molecule has 1 rings (SSSR count). The van der Waals surface area contributed by atoms with Gasteiger partial charge >= 0.3 is 12.1 Å². The van der Waals surface area contributed by atoms with Crippen LogP contribution in [0.25, 0.3) is 0 Å². The Morgan fingerprint density at radius 2 is 2.29 bits per heavy atom. The number of amides is 1. The predicted molar refractivity (Wildman–Crippen MR) is 39.2 cm³/mol. The highest BCUT2D eigenvalue weighted by atomic mass is 19.4.